The van der Waals surface area contributed by atoms with Crippen molar-refractivity contribution in [2.75, 3.05) is 11.9 Å². The maximum Gasteiger partial charge on any atom is 0.264 e. The van der Waals surface area contributed by atoms with Crippen molar-refractivity contribution >= 4 is 40.0 Å². The summed E-state index contributed by atoms with van der Waals surface area (Å²) >= 11 is 5.22. The highest BCUT2D eigenvalue weighted by Gasteiger charge is 2.10. The highest BCUT2D eigenvalue weighted by atomic mass is 32.1. The summed E-state index contributed by atoms with van der Waals surface area (Å²) in [5.41, 5.74) is 3.02. The highest BCUT2D eigenvalue weighted by molar-refractivity contribution is 7.80. The Balaban J connectivity index is 1.37. The Hall–Kier alpha value is -3.71. The molecule has 1 amide bonds. The minimum atomic E-state index is -0.346. The zero-order chi connectivity index (χ0) is 20.1. The summed E-state index contributed by atoms with van der Waals surface area (Å²) < 4.78 is 11.2. The van der Waals surface area contributed by atoms with Gasteiger partial charge in [0.05, 0.1) is 0 Å². The Kier molecular flexibility index (Phi) is 5.49. The molecular weight excluding hydrogens is 386 g/mol. The number of carbonyl (C=O) groups excluding carboxylic acids is 1. The van der Waals surface area contributed by atoms with Crippen LogP contribution in [0.4, 0.5) is 5.69 Å². The van der Waals surface area contributed by atoms with Gasteiger partial charge in [0.2, 0.25) is 5.89 Å². The van der Waals surface area contributed by atoms with Gasteiger partial charge < -0.3 is 14.5 Å². The largest absolute Gasteiger partial charge is 0.484 e. The number of anilines is 1. The summed E-state index contributed by atoms with van der Waals surface area (Å²) in [6.07, 6.45) is 0. The van der Waals surface area contributed by atoms with Crippen LogP contribution in [0.2, 0.25) is 0 Å². The normalized spacial score (nSPS) is 10.5. The molecule has 0 unspecified atom stereocenters. The van der Waals surface area contributed by atoms with Gasteiger partial charge in [-0.15, -0.1) is 0 Å². The van der Waals surface area contributed by atoms with Crippen LogP contribution in [0.5, 0.6) is 5.75 Å². The van der Waals surface area contributed by atoms with Crippen molar-refractivity contribution in [2.45, 2.75) is 0 Å². The molecule has 0 bridgehead atoms. The first-order chi connectivity index (χ1) is 14.2. The van der Waals surface area contributed by atoms with E-state index in [4.69, 9.17) is 21.4 Å². The maximum absolute atomic E-state index is 12.0. The molecule has 0 spiro atoms. The zero-order valence-corrected chi connectivity index (χ0v) is 16.1. The van der Waals surface area contributed by atoms with Gasteiger partial charge in [-0.2, -0.15) is 0 Å². The molecule has 0 aliphatic rings. The van der Waals surface area contributed by atoms with E-state index in [-0.39, 0.29) is 17.6 Å². The molecule has 2 N–H and O–H groups in total. The first-order valence-electron chi connectivity index (χ1n) is 8.92. The lowest BCUT2D eigenvalue weighted by Crippen LogP contribution is -2.37. The Labute approximate surface area is 172 Å². The molecule has 3 aromatic carbocycles. The predicted octanol–water partition coefficient (Wildman–Crippen LogP) is 4.39. The fourth-order valence-electron chi connectivity index (χ4n) is 2.72. The number of thiocarbonyl (C=S) groups is 1. The third kappa shape index (κ3) is 4.77. The van der Waals surface area contributed by atoms with Crippen molar-refractivity contribution in [1.29, 1.82) is 0 Å². The molecule has 1 aromatic heterocycles. The van der Waals surface area contributed by atoms with Crippen LogP contribution in [0.15, 0.2) is 83.3 Å². The summed E-state index contributed by atoms with van der Waals surface area (Å²) in [5.74, 6) is 0.787. The lowest BCUT2D eigenvalue weighted by atomic mass is 10.2. The SMILES string of the molecule is O=C(COc1ccccc1)NC(=S)Nc1cccc(-c2nc3ccccc3o2)c1. The molecule has 4 rings (SSSR count). The first kappa shape index (κ1) is 18.6. The molecule has 0 saturated carbocycles. The number of ether oxygens (including phenoxy) is 1. The Morgan fingerprint density at radius 1 is 1.00 bits per heavy atom. The lowest BCUT2D eigenvalue weighted by molar-refractivity contribution is -0.121. The van der Waals surface area contributed by atoms with E-state index in [0.29, 0.717) is 17.3 Å². The molecule has 0 atom stereocenters. The molecule has 6 nitrogen and oxygen atoms in total. The van der Waals surface area contributed by atoms with Gasteiger partial charge in [0.25, 0.3) is 5.91 Å². The van der Waals surface area contributed by atoms with Gasteiger partial charge in [0, 0.05) is 11.3 Å². The van der Waals surface area contributed by atoms with Crippen LogP contribution < -0.4 is 15.4 Å². The standard InChI is InChI=1S/C22H17N3O3S/c26-20(14-27-17-9-2-1-3-10-17)25-22(29)23-16-8-6-7-15(13-16)21-24-18-11-4-5-12-19(18)28-21/h1-13H,14H2,(H2,23,25,26,29). The summed E-state index contributed by atoms with van der Waals surface area (Å²) in [4.78, 5) is 16.5. The monoisotopic (exact) mass is 403 g/mol. The Morgan fingerprint density at radius 3 is 2.62 bits per heavy atom. The molecule has 4 aromatic rings. The maximum atomic E-state index is 12.0. The number of amides is 1. The van der Waals surface area contributed by atoms with Gasteiger partial charge in [-0.05, 0) is 54.7 Å². The molecule has 0 aliphatic carbocycles. The van der Waals surface area contributed by atoms with Crippen LogP contribution >= 0.6 is 12.2 Å². The number of benzene rings is 3. The van der Waals surface area contributed by atoms with Crippen molar-refractivity contribution < 1.29 is 13.9 Å². The number of para-hydroxylation sites is 3. The van der Waals surface area contributed by atoms with Crippen molar-refractivity contribution in [2.24, 2.45) is 0 Å². The number of aromatic nitrogens is 1. The van der Waals surface area contributed by atoms with Crippen LogP contribution in [0.25, 0.3) is 22.6 Å². The molecule has 29 heavy (non-hydrogen) atoms. The molecule has 144 valence electrons. The number of nitrogens with zero attached hydrogens (tertiary/aromatic N) is 1. The van der Waals surface area contributed by atoms with Gasteiger partial charge in [-0.3, -0.25) is 10.1 Å². The van der Waals surface area contributed by atoms with Crippen molar-refractivity contribution in [3.05, 3.63) is 78.9 Å². The zero-order valence-electron chi connectivity index (χ0n) is 15.3. The minimum absolute atomic E-state index is 0.130. The minimum Gasteiger partial charge on any atom is -0.484 e. The van der Waals surface area contributed by atoms with Crippen LogP contribution in [-0.4, -0.2) is 22.6 Å². The average molecular weight is 403 g/mol. The van der Waals surface area contributed by atoms with Crippen molar-refractivity contribution in [3.8, 4) is 17.2 Å². The predicted molar refractivity (Wildman–Crippen MR) is 116 cm³/mol. The Bertz CT molecular complexity index is 1130. The third-order valence-corrected chi connectivity index (χ3v) is 4.23. The van der Waals surface area contributed by atoms with Gasteiger partial charge in [-0.1, -0.05) is 36.4 Å². The van der Waals surface area contributed by atoms with E-state index in [1.807, 2.05) is 66.7 Å². The van der Waals surface area contributed by atoms with E-state index in [1.54, 1.807) is 12.1 Å². The number of nitrogens with one attached hydrogen (secondary N) is 2. The van der Waals surface area contributed by atoms with Crippen LogP contribution in [0.3, 0.4) is 0 Å². The second-order valence-electron chi connectivity index (χ2n) is 6.17. The quantitative estimate of drug-likeness (QED) is 0.482. The number of hydrogen-bond donors (Lipinski definition) is 2. The topological polar surface area (TPSA) is 76.4 Å². The molecule has 0 aliphatic heterocycles. The fourth-order valence-corrected chi connectivity index (χ4v) is 2.95. The number of fused-ring (bicyclic) bond motifs is 1. The van der Waals surface area contributed by atoms with E-state index in [1.165, 1.54) is 0 Å². The van der Waals surface area contributed by atoms with Crippen LogP contribution in [0, 0.1) is 0 Å². The first-order valence-corrected chi connectivity index (χ1v) is 9.33. The van der Waals surface area contributed by atoms with Crippen molar-refractivity contribution in [3.63, 3.8) is 0 Å². The molecule has 7 heteroatoms. The van der Waals surface area contributed by atoms with Gasteiger partial charge in [0.15, 0.2) is 17.3 Å². The van der Waals surface area contributed by atoms with E-state index >= 15 is 0 Å². The molecule has 1 heterocycles. The number of rotatable bonds is 5. The lowest BCUT2D eigenvalue weighted by Gasteiger charge is -2.11. The average Bonchev–Trinajstić information content (AvgIpc) is 3.17. The van der Waals surface area contributed by atoms with E-state index < -0.39 is 0 Å². The van der Waals surface area contributed by atoms with Gasteiger partial charge in [0.1, 0.15) is 11.3 Å². The second kappa shape index (κ2) is 8.53. The van der Waals surface area contributed by atoms with E-state index in [9.17, 15) is 4.79 Å². The fraction of sp³-hybridized carbons (Fsp3) is 0.0455. The molecule has 0 fully saturated rings. The summed E-state index contributed by atoms with van der Waals surface area (Å²) in [5, 5.41) is 5.77. The molecule has 0 radical (unpaired) electrons. The molecule has 0 saturated heterocycles. The summed E-state index contributed by atoms with van der Waals surface area (Å²) in [6.45, 7) is -0.130. The number of hydrogen-bond acceptors (Lipinski definition) is 5. The highest BCUT2D eigenvalue weighted by Crippen LogP contribution is 2.26. The van der Waals surface area contributed by atoms with Crippen LogP contribution in [-0.2, 0) is 4.79 Å². The Morgan fingerprint density at radius 2 is 1.79 bits per heavy atom. The molecular formula is C22H17N3O3S. The van der Waals surface area contributed by atoms with E-state index in [0.717, 1.165) is 16.7 Å². The van der Waals surface area contributed by atoms with Gasteiger partial charge >= 0.3 is 0 Å². The van der Waals surface area contributed by atoms with Crippen molar-refractivity contribution in [1.82, 2.24) is 10.3 Å². The van der Waals surface area contributed by atoms with Crippen LogP contribution in [0.1, 0.15) is 0 Å². The van der Waals surface area contributed by atoms with Gasteiger partial charge in [-0.25, -0.2) is 4.98 Å². The smallest absolute Gasteiger partial charge is 0.264 e. The second-order valence-corrected chi connectivity index (χ2v) is 6.58. The number of oxazole rings is 1. The third-order valence-electron chi connectivity index (χ3n) is 4.03. The summed E-state index contributed by atoms with van der Waals surface area (Å²) in [6, 6.07) is 24.1. The van der Waals surface area contributed by atoms with E-state index in [2.05, 4.69) is 15.6 Å². The number of carbonyl (C=O) groups is 1. The summed E-state index contributed by atoms with van der Waals surface area (Å²) in [7, 11) is 0.